The Morgan fingerprint density at radius 3 is 2.81 bits per heavy atom. The number of amides is 1. The van der Waals surface area contributed by atoms with Crippen LogP contribution in [0.25, 0.3) is 0 Å². The summed E-state index contributed by atoms with van der Waals surface area (Å²) >= 11 is 0. The summed E-state index contributed by atoms with van der Waals surface area (Å²) in [4.78, 5) is 30.7. The van der Waals surface area contributed by atoms with Gasteiger partial charge in [-0.15, -0.1) is 0 Å². The van der Waals surface area contributed by atoms with Gasteiger partial charge in [0.05, 0.1) is 16.7 Å². The summed E-state index contributed by atoms with van der Waals surface area (Å²) in [7, 11) is 0. The first-order chi connectivity index (χ1) is 13.0. The summed E-state index contributed by atoms with van der Waals surface area (Å²) in [6.07, 6.45) is 3.83. The van der Waals surface area contributed by atoms with Gasteiger partial charge in [0.2, 0.25) is 0 Å². The zero-order valence-corrected chi connectivity index (χ0v) is 14.7. The van der Waals surface area contributed by atoms with Gasteiger partial charge in [-0.3, -0.25) is 9.59 Å². The first kappa shape index (κ1) is 17.5. The Bertz CT molecular complexity index is 904. The van der Waals surface area contributed by atoms with E-state index < -0.39 is 17.2 Å². The Labute approximate surface area is 156 Å². The molecule has 2 atom stereocenters. The molecule has 0 bridgehead atoms. The number of hydrogen-bond donors (Lipinski definition) is 2. The predicted molar refractivity (Wildman–Crippen MR) is 97.2 cm³/mol. The third-order valence-corrected chi connectivity index (χ3v) is 5.75. The van der Waals surface area contributed by atoms with Gasteiger partial charge in [-0.1, -0.05) is 18.6 Å². The molecule has 0 radical (unpaired) electrons. The molecule has 7 heteroatoms. The van der Waals surface area contributed by atoms with Crippen LogP contribution in [0.4, 0.5) is 15.9 Å². The van der Waals surface area contributed by atoms with Crippen molar-refractivity contribution < 1.29 is 19.1 Å². The van der Waals surface area contributed by atoms with Crippen molar-refractivity contribution in [1.82, 2.24) is 9.88 Å². The number of pyridine rings is 1. The number of aromatic nitrogens is 1. The molecule has 140 valence electrons. The van der Waals surface area contributed by atoms with Crippen LogP contribution in [-0.4, -0.2) is 40.0 Å². The molecule has 0 spiro atoms. The molecule has 2 fully saturated rings. The number of carbonyl (C=O) groups excluding carboxylic acids is 1. The highest BCUT2D eigenvalue weighted by Crippen LogP contribution is 2.49. The molecule has 1 saturated heterocycles. The average molecular weight is 369 g/mol. The van der Waals surface area contributed by atoms with Gasteiger partial charge in [-0.25, -0.2) is 9.37 Å². The molecule has 1 amide bonds. The molecule has 1 aliphatic heterocycles. The Balaban J connectivity index is 1.60. The molecule has 27 heavy (non-hydrogen) atoms. The number of rotatable bonds is 4. The number of anilines is 2. The Morgan fingerprint density at radius 1 is 1.26 bits per heavy atom. The zero-order valence-electron chi connectivity index (χ0n) is 14.7. The Hall–Kier alpha value is -2.96. The second-order valence-corrected chi connectivity index (χ2v) is 7.24. The van der Waals surface area contributed by atoms with E-state index in [1.54, 1.807) is 35.2 Å². The second kappa shape index (κ2) is 6.64. The first-order valence-electron chi connectivity index (χ1n) is 9.00. The molecular formula is C20H20FN3O3. The quantitative estimate of drug-likeness (QED) is 0.864. The molecule has 2 heterocycles. The number of aliphatic carboxylic acids is 1. The number of halogens is 1. The van der Waals surface area contributed by atoms with Crippen molar-refractivity contribution in [3.63, 3.8) is 0 Å². The fourth-order valence-electron chi connectivity index (χ4n) is 4.33. The van der Waals surface area contributed by atoms with Crippen LogP contribution in [0.3, 0.4) is 0 Å². The van der Waals surface area contributed by atoms with Crippen LogP contribution < -0.4 is 5.32 Å². The predicted octanol–water partition coefficient (Wildman–Crippen LogP) is 3.29. The van der Waals surface area contributed by atoms with Crippen LogP contribution >= 0.6 is 0 Å². The molecule has 1 aromatic carbocycles. The molecular weight excluding hydrogens is 349 g/mol. The molecule has 6 nitrogen and oxygen atoms in total. The Morgan fingerprint density at radius 2 is 2.07 bits per heavy atom. The molecule has 1 aliphatic carbocycles. The number of carboxylic acid groups (broad SMARTS) is 1. The maximum atomic E-state index is 14.0. The summed E-state index contributed by atoms with van der Waals surface area (Å²) in [5.41, 5.74) is -0.302. The number of nitrogens with one attached hydrogen (secondary N) is 1. The lowest BCUT2D eigenvalue weighted by molar-refractivity contribution is -0.149. The van der Waals surface area contributed by atoms with Gasteiger partial charge in [-0.2, -0.15) is 0 Å². The number of carbonyl (C=O) groups is 2. The number of para-hydroxylation sites is 1. The van der Waals surface area contributed by atoms with Gasteiger partial charge in [0.25, 0.3) is 5.91 Å². The number of hydrogen-bond acceptors (Lipinski definition) is 4. The Kier molecular flexibility index (Phi) is 4.30. The van der Waals surface area contributed by atoms with Crippen LogP contribution in [0, 0.1) is 17.2 Å². The van der Waals surface area contributed by atoms with Crippen LogP contribution in [0.15, 0.2) is 42.6 Å². The monoisotopic (exact) mass is 369 g/mol. The van der Waals surface area contributed by atoms with Gasteiger partial charge in [0.15, 0.2) is 0 Å². The number of carboxylic acids is 1. The number of benzene rings is 1. The van der Waals surface area contributed by atoms with E-state index >= 15 is 0 Å². The summed E-state index contributed by atoms with van der Waals surface area (Å²) < 4.78 is 14.0. The zero-order chi connectivity index (χ0) is 19.0. The lowest BCUT2D eigenvalue weighted by atomic mass is 9.81. The smallest absolute Gasteiger partial charge is 0.311 e. The number of likely N-dealkylation sites (tertiary alicyclic amines) is 1. The van der Waals surface area contributed by atoms with E-state index in [1.807, 2.05) is 0 Å². The fraction of sp³-hybridized carbons (Fsp3) is 0.350. The van der Waals surface area contributed by atoms with Crippen molar-refractivity contribution in [3.05, 3.63) is 54.0 Å². The van der Waals surface area contributed by atoms with E-state index in [0.717, 1.165) is 12.8 Å². The normalized spacial score (nSPS) is 23.9. The van der Waals surface area contributed by atoms with E-state index in [2.05, 4.69) is 10.3 Å². The molecule has 2 aliphatic rings. The molecule has 2 aromatic rings. The van der Waals surface area contributed by atoms with E-state index in [4.69, 9.17) is 0 Å². The molecule has 1 saturated carbocycles. The van der Waals surface area contributed by atoms with Crippen LogP contribution in [0.1, 0.15) is 29.6 Å². The maximum Gasteiger partial charge on any atom is 0.311 e. The largest absolute Gasteiger partial charge is 0.481 e. The van der Waals surface area contributed by atoms with Gasteiger partial charge >= 0.3 is 5.97 Å². The highest BCUT2D eigenvalue weighted by molar-refractivity contribution is 6.00. The van der Waals surface area contributed by atoms with E-state index in [-0.39, 0.29) is 29.9 Å². The molecule has 4 rings (SSSR count). The van der Waals surface area contributed by atoms with Gasteiger partial charge < -0.3 is 15.3 Å². The standard InChI is InChI=1S/C20H20FN3O3/c21-15-7-1-2-8-16(15)23-17-14(6-4-10-22-17)18(25)24-11-13-5-3-9-20(13,12-24)19(26)27/h1-2,4,6-8,10,13H,3,5,9,11-12H2,(H,22,23)(H,26,27)/t13-,20+/m0/s1. The molecule has 2 N–H and O–H groups in total. The lowest BCUT2D eigenvalue weighted by Gasteiger charge is -2.23. The van der Waals surface area contributed by atoms with E-state index in [1.165, 1.54) is 12.3 Å². The minimum absolute atomic E-state index is 0.0152. The summed E-state index contributed by atoms with van der Waals surface area (Å²) in [5, 5.41) is 12.6. The fourth-order valence-corrected chi connectivity index (χ4v) is 4.33. The minimum Gasteiger partial charge on any atom is -0.481 e. The van der Waals surface area contributed by atoms with Crippen molar-refractivity contribution in [2.24, 2.45) is 11.3 Å². The highest BCUT2D eigenvalue weighted by atomic mass is 19.1. The van der Waals surface area contributed by atoms with E-state index in [9.17, 15) is 19.1 Å². The molecule has 1 aromatic heterocycles. The maximum absolute atomic E-state index is 14.0. The van der Waals surface area contributed by atoms with Crippen molar-refractivity contribution in [1.29, 1.82) is 0 Å². The third kappa shape index (κ3) is 2.93. The summed E-state index contributed by atoms with van der Waals surface area (Å²) in [6, 6.07) is 9.43. The minimum atomic E-state index is -0.836. The van der Waals surface area contributed by atoms with Crippen LogP contribution in [0.2, 0.25) is 0 Å². The lowest BCUT2D eigenvalue weighted by Crippen LogP contribution is -2.37. The van der Waals surface area contributed by atoms with Crippen molar-refractivity contribution in [2.45, 2.75) is 19.3 Å². The number of fused-ring (bicyclic) bond motifs is 1. The van der Waals surface area contributed by atoms with Crippen molar-refractivity contribution >= 4 is 23.4 Å². The SMILES string of the molecule is O=C(c1cccnc1Nc1ccccc1F)N1C[C@@H]2CCC[C@@]2(C(=O)O)C1. The average Bonchev–Trinajstić information content (AvgIpc) is 3.22. The summed E-state index contributed by atoms with van der Waals surface area (Å²) in [6.45, 7) is 0.638. The van der Waals surface area contributed by atoms with Crippen LogP contribution in [-0.2, 0) is 4.79 Å². The van der Waals surface area contributed by atoms with E-state index in [0.29, 0.717) is 18.5 Å². The van der Waals surface area contributed by atoms with Crippen molar-refractivity contribution in [2.75, 3.05) is 18.4 Å². The first-order valence-corrected chi connectivity index (χ1v) is 9.00. The van der Waals surface area contributed by atoms with Gasteiger partial charge in [0, 0.05) is 19.3 Å². The number of nitrogens with zero attached hydrogens (tertiary/aromatic N) is 2. The third-order valence-electron chi connectivity index (χ3n) is 5.75. The summed E-state index contributed by atoms with van der Waals surface area (Å²) in [5.74, 6) is -1.30. The van der Waals surface area contributed by atoms with Crippen molar-refractivity contribution in [3.8, 4) is 0 Å². The second-order valence-electron chi connectivity index (χ2n) is 7.24. The molecule has 0 unspecified atom stereocenters. The van der Waals surface area contributed by atoms with Gasteiger partial charge in [-0.05, 0) is 43.0 Å². The highest BCUT2D eigenvalue weighted by Gasteiger charge is 2.55. The van der Waals surface area contributed by atoms with Gasteiger partial charge in [0.1, 0.15) is 11.6 Å². The topological polar surface area (TPSA) is 82.5 Å². The van der Waals surface area contributed by atoms with Crippen LogP contribution in [0.5, 0.6) is 0 Å².